The minimum atomic E-state index is -0.923. The summed E-state index contributed by atoms with van der Waals surface area (Å²) in [5.74, 6) is 0.249. The highest BCUT2D eigenvalue weighted by Crippen LogP contribution is 2.33. The van der Waals surface area contributed by atoms with E-state index in [1.807, 2.05) is 29.1 Å². The predicted octanol–water partition coefficient (Wildman–Crippen LogP) is 5.01. The topological polar surface area (TPSA) is 90.4 Å². The monoisotopic (exact) mass is 467 g/mol. The number of halogens is 1. The van der Waals surface area contributed by atoms with E-state index in [0.29, 0.717) is 18.9 Å². The maximum Gasteiger partial charge on any atom is 0.320 e. The summed E-state index contributed by atoms with van der Waals surface area (Å²) < 4.78 is 7.59. The number of benzene rings is 2. The largest absolute Gasteiger partial charge is 0.496 e. The van der Waals surface area contributed by atoms with Gasteiger partial charge in [-0.3, -0.25) is 9.48 Å². The van der Waals surface area contributed by atoms with Crippen molar-refractivity contribution in [3.05, 3.63) is 78.1 Å². The molecule has 33 heavy (non-hydrogen) atoms. The van der Waals surface area contributed by atoms with Crippen LogP contribution < -0.4 is 10.5 Å². The molecule has 3 aromatic rings. The number of hydrogen-bond acceptors (Lipinski definition) is 4. The summed E-state index contributed by atoms with van der Waals surface area (Å²) in [6.07, 6.45) is 9.43. The van der Waals surface area contributed by atoms with Gasteiger partial charge in [0.05, 0.1) is 19.9 Å². The number of rotatable bonds is 8. The maximum atomic E-state index is 11.0. The third-order valence-corrected chi connectivity index (χ3v) is 6.15. The molecule has 1 aliphatic carbocycles. The molecule has 2 aromatic carbocycles. The van der Waals surface area contributed by atoms with E-state index in [9.17, 15) is 4.79 Å². The van der Waals surface area contributed by atoms with Gasteiger partial charge in [0.15, 0.2) is 0 Å². The van der Waals surface area contributed by atoms with Crippen LogP contribution in [-0.4, -0.2) is 34.0 Å². The van der Waals surface area contributed by atoms with Crippen LogP contribution >= 0.6 is 12.4 Å². The first-order chi connectivity index (χ1) is 15.5. The molecule has 174 valence electrons. The van der Waals surface area contributed by atoms with Crippen LogP contribution in [0.25, 0.3) is 16.7 Å². The summed E-state index contributed by atoms with van der Waals surface area (Å²) >= 11 is 0. The zero-order valence-electron chi connectivity index (χ0n) is 18.7. The van der Waals surface area contributed by atoms with Crippen LogP contribution in [0.1, 0.15) is 36.8 Å². The first-order valence-electron chi connectivity index (χ1n) is 11.0. The number of aliphatic carboxylic acids is 1. The van der Waals surface area contributed by atoms with E-state index < -0.39 is 12.0 Å². The van der Waals surface area contributed by atoms with Gasteiger partial charge in [-0.1, -0.05) is 48.5 Å². The lowest BCUT2D eigenvalue weighted by Crippen LogP contribution is -2.32. The molecule has 6 nitrogen and oxygen atoms in total. The molecule has 4 rings (SSSR count). The number of aromatic nitrogens is 2. The third-order valence-electron chi connectivity index (χ3n) is 6.15. The Balaban J connectivity index is 0.00000306. The van der Waals surface area contributed by atoms with Crippen molar-refractivity contribution in [2.75, 3.05) is 7.11 Å². The molecule has 0 saturated heterocycles. The third kappa shape index (κ3) is 6.03. The van der Waals surface area contributed by atoms with Gasteiger partial charge in [0, 0.05) is 17.3 Å². The van der Waals surface area contributed by atoms with Crippen molar-refractivity contribution in [2.24, 2.45) is 11.7 Å². The van der Waals surface area contributed by atoms with E-state index in [2.05, 4.69) is 47.7 Å². The molecule has 7 heteroatoms. The SMILES string of the molecule is COc1cc(-c2ccccc2)ccc1Cn1cc(C2=CCC(C[C@H](N)C(=O)O)CC2)cn1.Cl. The van der Waals surface area contributed by atoms with Gasteiger partial charge >= 0.3 is 5.97 Å². The smallest absolute Gasteiger partial charge is 0.320 e. The van der Waals surface area contributed by atoms with Crippen LogP contribution in [0.2, 0.25) is 0 Å². The van der Waals surface area contributed by atoms with Crippen LogP contribution in [0.3, 0.4) is 0 Å². The molecule has 1 heterocycles. The number of nitrogens with zero attached hydrogens (tertiary/aromatic N) is 2. The lowest BCUT2D eigenvalue weighted by Gasteiger charge is -2.22. The molecule has 0 fully saturated rings. The fourth-order valence-corrected chi connectivity index (χ4v) is 4.30. The second kappa shape index (κ2) is 11.2. The predicted molar refractivity (Wildman–Crippen MR) is 133 cm³/mol. The highest BCUT2D eigenvalue weighted by atomic mass is 35.5. The number of carboxylic acid groups (broad SMARTS) is 1. The standard InChI is InChI=1S/C26H29N3O3.ClH/c1-32-25-14-21(19-5-3-2-4-6-19)11-12-22(25)16-29-17-23(15-28-29)20-9-7-18(8-10-20)13-24(27)26(30)31;/h2-6,9,11-12,14-15,17-18,24H,7-8,10,13,16,27H2,1H3,(H,30,31);1H/t18?,24-;/m0./s1. The van der Waals surface area contributed by atoms with Crippen LogP contribution in [-0.2, 0) is 11.3 Å². The number of carboxylic acids is 1. The zero-order chi connectivity index (χ0) is 22.5. The van der Waals surface area contributed by atoms with Crippen LogP contribution in [0.5, 0.6) is 5.75 Å². The van der Waals surface area contributed by atoms with E-state index >= 15 is 0 Å². The molecule has 1 unspecified atom stereocenters. The fraction of sp³-hybridized carbons (Fsp3) is 0.308. The molecule has 1 aromatic heterocycles. The zero-order valence-corrected chi connectivity index (χ0v) is 19.5. The Bertz CT molecular complexity index is 1110. The van der Waals surface area contributed by atoms with Crippen molar-refractivity contribution < 1.29 is 14.6 Å². The van der Waals surface area contributed by atoms with Crippen molar-refractivity contribution in [1.29, 1.82) is 0 Å². The summed E-state index contributed by atoms with van der Waals surface area (Å²) in [5.41, 5.74) is 11.4. The van der Waals surface area contributed by atoms with Gasteiger partial charge in [-0.25, -0.2) is 0 Å². The van der Waals surface area contributed by atoms with Crippen LogP contribution in [0, 0.1) is 5.92 Å². The number of nitrogens with two attached hydrogens (primary N) is 1. The van der Waals surface area contributed by atoms with E-state index in [1.165, 1.54) is 5.57 Å². The Labute approximate surface area is 200 Å². The van der Waals surface area contributed by atoms with E-state index in [1.54, 1.807) is 7.11 Å². The van der Waals surface area contributed by atoms with Gasteiger partial charge in [-0.15, -0.1) is 12.4 Å². The summed E-state index contributed by atoms with van der Waals surface area (Å²) in [7, 11) is 1.70. The van der Waals surface area contributed by atoms with Gasteiger partial charge < -0.3 is 15.6 Å². The fourth-order valence-electron chi connectivity index (χ4n) is 4.30. The van der Waals surface area contributed by atoms with Crippen LogP contribution in [0.15, 0.2) is 67.0 Å². The lowest BCUT2D eigenvalue weighted by atomic mass is 9.84. The highest BCUT2D eigenvalue weighted by molar-refractivity contribution is 5.85. The van der Waals surface area contributed by atoms with E-state index in [0.717, 1.165) is 47.3 Å². The van der Waals surface area contributed by atoms with Crippen LogP contribution in [0.4, 0.5) is 0 Å². The molecule has 0 spiro atoms. The van der Waals surface area contributed by atoms with E-state index in [-0.39, 0.29) is 12.4 Å². The van der Waals surface area contributed by atoms with Gasteiger partial charge in [0.2, 0.25) is 0 Å². The number of methoxy groups -OCH3 is 1. The number of allylic oxidation sites excluding steroid dienone is 2. The molecule has 0 saturated carbocycles. The highest BCUT2D eigenvalue weighted by Gasteiger charge is 2.22. The van der Waals surface area contributed by atoms with Gasteiger partial charge in [0.1, 0.15) is 11.8 Å². The van der Waals surface area contributed by atoms with E-state index in [4.69, 9.17) is 15.6 Å². The maximum absolute atomic E-state index is 11.0. The second-order valence-corrected chi connectivity index (χ2v) is 8.37. The molecular formula is C26H30ClN3O3. The van der Waals surface area contributed by atoms with Crippen molar-refractivity contribution in [3.8, 4) is 16.9 Å². The van der Waals surface area contributed by atoms with Gasteiger partial charge in [-0.2, -0.15) is 5.10 Å². The Morgan fingerprint density at radius 1 is 1.21 bits per heavy atom. The first kappa shape index (κ1) is 24.6. The summed E-state index contributed by atoms with van der Waals surface area (Å²) in [4.78, 5) is 11.0. The first-order valence-corrected chi connectivity index (χ1v) is 11.0. The average Bonchev–Trinajstić information content (AvgIpc) is 3.29. The Morgan fingerprint density at radius 2 is 2.00 bits per heavy atom. The van der Waals surface area contributed by atoms with Crippen molar-refractivity contribution >= 4 is 23.9 Å². The van der Waals surface area contributed by atoms with Crippen molar-refractivity contribution in [2.45, 2.75) is 38.3 Å². The number of carbonyl (C=O) groups is 1. The normalized spacial score (nSPS) is 16.4. The molecule has 0 amide bonds. The quantitative estimate of drug-likeness (QED) is 0.485. The van der Waals surface area contributed by atoms with Gasteiger partial charge in [0.25, 0.3) is 0 Å². The molecule has 0 aliphatic heterocycles. The number of ether oxygens (including phenoxy) is 1. The Morgan fingerprint density at radius 3 is 2.67 bits per heavy atom. The average molecular weight is 468 g/mol. The minimum Gasteiger partial charge on any atom is -0.496 e. The Kier molecular flexibility index (Phi) is 8.31. The second-order valence-electron chi connectivity index (χ2n) is 8.37. The Hall–Kier alpha value is -3.09. The molecule has 0 radical (unpaired) electrons. The molecule has 3 N–H and O–H groups in total. The summed E-state index contributed by atoms with van der Waals surface area (Å²) in [6.45, 7) is 0.627. The molecule has 0 bridgehead atoms. The molecule has 1 aliphatic rings. The lowest BCUT2D eigenvalue weighted by molar-refractivity contribution is -0.138. The summed E-state index contributed by atoms with van der Waals surface area (Å²) in [5, 5.41) is 13.6. The number of hydrogen-bond donors (Lipinski definition) is 2. The van der Waals surface area contributed by atoms with Crippen molar-refractivity contribution in [3.63, 3.8) is 0 Å². The molecule has 2 atom stereocenters. The molecular weight excluding hydrogens is 438 g/mol. The van der Waals surface area contributed by atoms with Gasteiger partial charge in [-0.05, 0) is 54.4 Å². The summed E-state index contributed by atoms with van der Waals surface area (Å²) in [6, 6.07) is 15.8. The van der Waals surface area contributed by atoms with Crippen molar-refractivity contribution in [1.82, 2.24) is 9.78 Å². The minimum absolute atomic E-state index is 0.